The normalized spacial score (nSPS) is 11.2. The average Bonchev–Trinajstić information content (AvgIpc) is 3.13. The predicted octanol–water partition coefficient (Wildman–Crippen LogP) is 2.94. The van der Waals surface area contributed by atoms with Crippen LogP contribution in [0.5, 0.6) is 0 Å². The molecule has 0 atom stereocenters. The Morgan fingerprint density at radius 1 is 0.966 bits per heavy atom. The number of hydrogen-bond acceptors (Lipinski definition) is 5. The summed E-state index contributed by atoms with van der Waals surface area (Å²) in [5.41, 5.74) is 7.41. The Morgan fingerprint density at radius 3 is 2.52 bits per heavy atom. The van der Waals surface area contributed by atoms with Gasteiger partial charge in [-0.2, -0.15) is 5.10 Å². The van der Waals surface area contributed by atoms with Gasteiger partial charge in [0.05, 0.1) is 23.0 Å². The summed E-state index contributed by atoms with van der Waals surface area (Å²) >= 11 is 0. The molecule has 3 aromatic heterocycles. The molecule has 146 valence electrons. The summed E-state index contributed by atoms with van der Waals surface area (Å²) in [6.45, 7) is 5.78. The minimum atomic E-state index is -0.497. The Bertz CT molecular complexity index is 1240. The van der Waals surface area contributed by atoms with Crippen LogP contribution in [0.1, 0.15) is 46.4 Å². The molecule has 1 aromatic carbocycles. The minimum Gasteiger partial charge on any atom is -0.267 e. The lowest BCUT2D eigenvalue weighted by Crippen LogP contribution is -2.42. The molecule has 0 aliphatic carbocycles. The van der Waals surface area contributed by atoms with Crippen molar-refractivity contribution in [2.24, 2.45) is 0 Å². The van der Waals surface area contributed by atoms with E-state index in [1.165, 1.54) is 0 Å². The van der Waals surface area contributed by atoms with E-state index in [4.69, 9.17) is 0 Å². The fraction of sp³-hybridized carbons (Fsp3) is 0.190. The van der Waals surface area contributed by atoms with E-state index < -0.39 is 11.8 Å². The van der Waals surface area contributed by atoms with E-state index >= 15 is 0 Å². The van der Waals surface area contributed by atoms with Gasteiger partial charge in [-0.25, -0.2) is 14.6 Å². The molecular formula is C21H20N6O2. The summed E-state index contributed by atoms with van der Waals surface area (Å²) < 4.78 is 1.80. The molecular weight excluding hydrogens is 368 g/mol. The van der Waals surface area contributed by atoms with Crippen molar-refractivity contribution in [3.8, 4) is 0 Å². The van der Waals surface area contributed by atoms with Crippen LogP contribution in [0.25, 0.3) is 21.9 Å². The zero-order valence-electron chi connectivity index (χ0n) is 16.3. The lowest BCUT2D eigenvalue weighted by Gasteiger charge is -2.10. The lowest BCUT2D eigenvalue weighted by molar-refractivity contribution is 0.0843. The highest BCUT2D eigenvalue weighted by atomic mass is 16.2. The second kappa shape index (κ2) is 7.31. The van der Waals surface area contributed by atoms with E-state index in [9.17, 15) is 9.59 Å². The molecule has 8 heteroatoms. The van der Waals surface area contributed by atoms with Crippen molar-refractivity contribution < 1.29 is 9.59 Å². The van der Waals surface area contributed by atoms with Crippen molar-refractivity contribution in [2.45, 2.75) is 26.8 Å². The molecule has 4 rings (SSSR count). The third kappa shape index (κ3) is 3.52. The monoisotopic (exact) mass is 388 g/mol. The second-order valence-electron chi connectivity index (χ2n) is 7.01. The zero-order valence-corrected chi connectivity index (χ0v) is 16.3. The van der Waals surface area contributed by atoms with E-state index in [1.54, 1.807) is 29.9 Å². The average molecular weight is 388 g/mol. The lowest BCUT2D eigenvalue weighted by atomic mass is 10.1. The number of nitrogens with zero attached hydrogens (tertiary/aromatic N) is 4. The van der Waals surface area contributed by atoms with Gasteiger partial charge in [0.2, 0.25) is 0 Å². The van der Waals surface area contributed by atoms with Crippen LogP contribution in [0.4, 0.5) is 0 Å². The first-order valence-corrected chi connectivity index (χ1v) is 9.25. The molecule has 0 saturated carbocycles. The minimum absolute atomic E-state index is 0.160. The van der Waals surface area contributed by atoms with E-state index in [2.05, 4.69) is 25.9 Å². The number of carbonyl (C=O) groups is 2. The van der Waals surface area contributed by atoms with Crippen LogP contribution in [0, 0.1) is 6.92 Å². The number of hydrogen-bond donors (Lipinski definition) is 2. The molecule has 3 heterocycles. The first-order valence-electron chi connectivity index (χ1n) is 9.25. The van der Waals surface area contributed by atoms with Gasteiger partial charge in [0.1, 0.15) is 5.69 Å². The molecule has 0 radical (unpaired) electrons. The van der Waals surface area contributed by atoms with Gasteiger partial charge >= 0.3 is 0 Å². The maximum absolute atomic E-state index is 12.6. The number of para-hydroxylation sites is 1. The molecule has 29 heavy (non-hydrogen) atoms. The van der Waals surface area contributed by atoms with Gasteiger partial charge in [0.25, 0.3) is 11.8 Å². The first-order chi connectivity index (χ1) is 13.9. The van der Waals surface area contributed by atoms with Crippen molar-refractivity contribution in [2.75, 3.05) is 0 Å². The predicted molar refractivity (Wildman–Crippen MR) is 109 cm³/mol. The number of aryl methyl sites for hydroxylation is 1. The summed E-state index contributed by atoms with van der Waals surface area (Å²) in [7, 11) is 0. The Kier molecular flexibility index (Phi) is 4.67. The Labute approximate surface area is 166 Å². The van der Waals surface area contributed by atoms with Crippen molar-refractivity contribution in [1.82, 2.24) is 30.6 Å². The van der Waals surface area contributed by atoms with Crippen LogP contribution in [0.15, 0.2) is 48.7 Å². The summed E-state index contributed by atoms with van der Waals surface area (Å²) in [5, 5.41) is 6.02. The van der Waals surface area contributed by atoms with Crippen molar-refractivity contribution >= 4 is 33.8 Å². The smallest absolute Gasteiger partial charge is 0.267 e. The molecule has 0 bridgehead atoms. The molecule has 8 nitrogen and oxygen atoms in total. The van der Waals surface area contributed by atoms with Gasteiger partial charge in [0, 0.05) is 16.8 Å². The number of carbonyl (C=O) groups excluding carboxylic acids is 2. The number of benzene rings is 1. The molecule has 0 aliphatic rings. The van der Waals surface area contributed by atoms with Crippen LogP contribution in [0.3, 0.4) is 0 Å². The van der Waals surface area contributed by atoms with Gasteiger partial charge in [-0.3, -0.25) is 20.4 Å². The van der Waals surface area contributed by atoms with E-state index in [-0.39, 0.29) is 11.7 Å². The van der Waals surface area contributed by atoms with Gasteiger partial charge < -0.3 is 0 Å². The van der Waals surface area contributed by atoms with Crippen LogP contribution < -0.4 is 10.9 Å². The molecule has 4 aromatic rings. The van der Waals surface area contributed by atoms with Crippen LogP contribution in [-0.2, 0) is 0 Å². The second-order valence-corrected chi connectivity index (χ2v) is 7.01. The first kappa shape index (κ1) is 18.5. The fourth-order valence-corrected chi connectivity index (χ4v) is 3.11. The Morgan fingerprint density at radius 2 is 1.72 bits per heavy atom. The molecule has 0 saturated heterocycles. The van der Waals surface area contributed by atoms with Gasteiger partial charge in [-0.1, -0.05) is 24.3 Å². The van der Waals surface area contributed by atoms with Gasteiger partial charge in [-0.05, 0) is 39.0 Å². The van der Waals surface area contributed by atoms with Crippen LogP contribution >= 0.6 is 0 Å². The van der Waals surface area contributed by atoms with Crippen molar-refractivity contribution in [3.63, 3.8) is 0 Å². The SMILES string of the molecule is Cc1nc2c(cnn2C(C)C)cc1C(=O)NNC(=O)c1ccc2ccccc2n1. The Hall–Kier alpha value is -3.81. The van der Waals surface area contributed by atoms with Crippen LogP contribution in [-0.4, -0.2) is 31.6 Å². The molecule has 0 spiro atoms. The largest absolute Gasteiger partial charge is 0.288 e. The molecule has 2 amide bonds. The molecule has 0 unspecified atom stereocenters. The Balaban J connectivity index is 1.51. The summed E-state index contributed by atoms with van der Waals surface area (Å²) in [6.07, 6.45) is 1.68. The standard InChI is InChI=1S/C21H20N6O2/c1-12(2)27-19-15(11-22-27)10-16(13(3)23-19)20(28)25-26-21(29)18-9-8-14-6-4-5-7-17(14)24-18/h4-12H,1-3H3,(H,25,28)(H,26,29). The number of amides is 2. The maximum atomic E-state index is 12.6. The zero-order chi connectivity index (χ0) is 20.5. The van der Waals surface area contributed by atoms with Gasteiger partial charge in [-0.15, -0.1) is 0 Å². The fourth-order valence-electron chi connectivity index (χ4n) is 3.11. The molecule has 0 fully saturated rings. The highest BCUT2D eigenvalue weighted by Gasteiger charge is 2.16. The number of hydrazine groups is 1. The topological polar surface area (TPSA) is 102 Å². The number of fused-ring (bicyclic) bond motifs is 2. The van der Waals surface area contributed by atoms with Gasteiger partial charge in [0.15, 0.2) is 5.65 Å². The highest BCUT2D eigenvalue weighted by molar-refractivity contribution is 6.01. The summed E-state index contributed by atoms with van der Waals surface area (Å²) in [4.78, 5) is 33.8. The summed E-state index contributed by atoms with van der Waals surface area (Å²) in [5.74, 6) is -0.952. The van der Waals surface area contributed by atoms with E-state index in [0.717, 1.165) is 16.4 Å². The summed E-state index contributed by atoms with van der Waals surface area (Å²) in [6, 6.07) is 12.8. The van der Waals surface area contributed by atoms with Crippen LogP contribution in [0.2, 0.25) is 0 Å². The molecule has 0 aliphatic heterocycles. The highest BCUT2D eigenvalue weighted by Crippen LogP contribution is 2.19. The maximum Gasteiger partial charge on any atom is 0.288 e. The van der Waals surface area contributed by atoms with E-state index in [0.29, 0.717) is 16.8 Å². The number of nitrogens with one attached hydrogen (secondary N) is 2. The third-order valence-electron chi connectivity index (χ3n) is 4.61. The molecule has 2 N–H and O–H groups in total. The number of aromatic nitrogens is 4. The van der Waals surface area contributed by atoms with E-state index in [1.807, 2.05) is 44.2 Å². The number of rotatable bonds is 3. The van der Waals surface area contributed by atoms with Crippen molar-refractivity contribution in [3.05, 3.63) is 65.6 Å². The number of pyridine rings is 2. The quantitative estimate of drug-likeness (QED) is 0.526. The van der Waals surface area contributed by atoms with Crippen molar-refractivity contribution in [1.29, 1.82) is 0 Å². The third-order valence-corrected chi connectivity index (χ3v) is 4.61.